The first-order valence-corrected chi connectivity index (χ1v) is 7.86. The van der Waals surface area contributed by atoms with Crippen molar-refractivity contribution in [1.82, 2.24) is 9.62 Å². The van der Waals surface area contributed by atoms with Gasteiger partial charge in [0, 0.05) is 26.2 Å². The number of ether oxygens (including phenoxy) is 1. The van der Waals surface area contributed by atoms with E-state index in [0.29, 0.717) is 13.1 Å². The minimum atomic E-state index is -3.61. The van der Waals surface area contributed by atoms with Crippen LogP contribution in [0, 0.1) is 0 Å². The molecule has 1 N–H and O–H groups in total. The van der Waals surface area contributed by atoms with Gasteiger partial charge in [-0.15, -0.1) is 0 Å². The lowest BCUT2D eigenvalue weighted by Crippen LogP contribution is -2.32. The third-order valence-corrected chi connectivity index (χ3v) is 5.40. The Morgan fingerprint density at radius 2 is 1.67 bits per heavy atom. The van der Waals surface area contributed by atoms with E-state index < -0.39 is 16.6 Å². The molecule has 5 nitrogen and oxygen atoms in total. The van der Waals surface area contributed by atoms with Crippen molar-refractivity contribution in [3.05, 3.63) is 35.4 Å². The van der Waals surface area contributed by atoms with Crippen LogP contribution in [-0.2, 0) is 10.0 Å². The topological polar surface area (TPSA) is 58.6 Å². The van der Waals surface area contributed by atoms with Crippen LogP contribution in [0.3, 0.4) is 0 Å². The van der Waals surface area contributed by atoms with Gasteiger partial charge in [-0.25, -0.2) is 8.42 Å². The van der Waals surface area contributed by atoms with E-state index in [-0.39, 0.29) is 10.6 Å². The SMILES string of the molecule is O=S(=O)(c1ccc(OC(F)F)cc1)N1CC2=C(CNC2)C1. The minimum absolute atomic E-state index is 0.0600. The van der Waals surface area contributed by atoms with Gasteiger partial charge in [-0.1, -0.05) is 0 Å². The Morgan fingerprint density at radius 1 is 1.10 bits per heavy atom. The number of halogens is 2. The maximum Gasteiger partial charge on any atom is 0.387 e. The van der Waals surface area contributed by atoms with Gasteiger partial charge in [-0.3, -0.25) is 0 Å². The number of sulfonamides is 1. The van der Waals surface area contributed by atoms with E-state index in [0.717, 1.165) is 24.2 Å². The number of nitrogens with zero attached hydrogens (tertiary/aromatic N) is 1. The zero-order valence-corrected chi connectivity index (χ0v) is 11.9. The Balaban J connectivity index is 1.76. The van der Waals surface area contributed by atoms with Crippen molar-refractivity contribution in [1.29, 1.82) is 0 Å². The first kappa shape index (κ1) is 14.4. The summed E-state index contributed by atoms with van der Waals surface area (Å²) in [7, 11) is -3.61. The van der Waals surface area contributed by atoms with Gasteiger partial charge >= 0.3 is 6.61 Å². The van der Waals surface area contributed by atoms with Crippen LogP contribution in [0.5, 0.6) is 5.75 Å². The second-order valence-electron chi connectivity index (χ2n) is 4.93. The van der Waals surface area contributed by atoms with E-state index >= 15 is 0 Å². The predicted octanol–water partition coefficient (Wildman–Crippen LogP) is 1.19. The Hall–Kier alpha value is -1.51. The molecule has 0 spiro atoms. The molecule has 1 aromatic carbocycles. The van der Waals surface area contributed by atoms with Crippen molar-refractivity contribution in [2.75, 3.05) is 26.2 Å². The molecular weight excluding hydrogens is 302 g/mol. The zero-order chi connectivity index (χ0) is 15.0. The molecule has 0 aliphatic carbocycles. The summed E-state index contributed by atoms with van der Waals surface area (Å²) < 4.78 is 54.7. The third-order valence-electron chi connectivity index (χ3n) is 3.60. The van der Waals surface area contributed by atoms with Gasteiger partial charge in [0.1, 0.15) is 5.75 Å². The monoisotopic (exact) mass is 316 g/mol. The predicted molar refractivity (Wildman–Crippen MR) is 71.7 cm³/mol. The third kappa shape index (κ3) is 2.78. The molecule has 0 fully saturated rings. The normalized spacial score (nSPS) is 19.4. The Kier molecular flexibility index (Phi) is 3.68. The van der Waals surface area contributed by atoms with Crippen LogP contribution in [0.25, 0.3) is 0 Å². The summed E-state index contributed by atoms with van der Waals surface area (Å²) >= 11 is 0. The average molecular weight is 316 g/mol. The molecule has 0 saturated carbocycles. The zero-order valence-electron chi connectivity index (χ0n) is 11.1. The van der Waals surface area contributed by atoms with Gasteiger partial charge < -0.3 is 10.1 Å². The molecule has 114 valence electrons. The number of hydrogen-bond acceptors (Lipinski definition) is 4. The largest absolute Gasteiger partial charge is 0.435 e. The van der Waals surface area contributed by atoms with Crippen LogP contribution >= 0.6 is 0 Å². The molecule has 0 radical (unpaired) electrons. The van der Waals surface area contributed by atoms with Crippen LogP contribution in [0.1, 0.15) is 0 Å². The molecule has 2 aliphatic rings. The van der Waals surface area contributed by atoms with Crippen molar-refractivity contribution >= 4 is 10.0 Å². The summed E-state index contributed by atoms with van der Waals surface area (Å²) in [6, 6.07) is 5.04. The van der Waals surface area contributed by atoms with E-state index in [1.54, 1.807) is 0 Å². The summed E-state index contributed by atoms with van der Waals surface area (Å²) in [6.45, 7) is -0.698. The highest BCUT2D eigenvalue weighted by molar-refractivity contribution is 7.89. The molecule has 0 aromatic heterocycles. The second-order valence-corrected chi connectivity index (χ2v) is 6.87. The molecule has 1 aromatic rings. The van der Waals surface area contributed by atoms with Crippen molar-refractivity contribution < 1.29 is 21.9 Å². The summed E-state index contributed by atoms with van der Waals surface area (Å²) in [5.41, 5.74) is 2.24. The molecule has 0 unspecified atom stereocenters. The van der Waals surface area contributed by atoms with Crippen LogP contribution in [0.4, 0.5) is 8.78 Å². The Morgan fingerprint density at radius 3 is 2.19 bits per heavy atom. The number of benzene rings is 1. The maximum atomic E-state index is 12.5. The molecule has 0 amide bonds. The average Bonchev–Trinajstić information content (AvgIpc) is 2.99. The first-order valence-electron chi connectivity index (χ1n) is 6.42. The maximum absolute atomic E-state index is 12.5. The summed E-state index contributed by atoms with van der Waals surface area (Å²) in [6.07, 6.45) is 0. The van der Waals surface area contributed by atoms with E-state index in [1.165, 1.54) is 28.6 Å². The number of rotatable bonds is 4. The van der Waals surface area contributed by atoms with Gasteiger partial charge in [-0.05, 0) is 35.4 Å². The molecule has 21 heavy (non-hydrogen) atoms. The van der Waals surface area contributed by atoms with Gasteiger partial charge in [0.05, 0.1) is 4.90 Å². The standard InChI is InChI=1S/C13H14F2N2O3S/c14-13(15)20-11-1-3-12(4-2-11)21(18,19)17-7-9-5-16-6-10(9)8-17/h1-4,13,16H,5-8H2. The minimum Gasteiger partial charge on any atom is -0.435 e. The van der Waals surface area contributed by atoms with Crippen molar-refractivity contribution in [2.45, 2.75) is 11.5 Å². The lowest BCUT2D eigenvalue weighted by molar-refractivity contribution is -0.0498. The molecule has 0 bridgehead atoms. The molecular formula is C13H14F2N2O3S. The fraction of sp³-hybridized carbons (Fsp3) is 0.385. The summed E-state index contributed by atoms with van der Waals surface area (Å²) in [4.78, 5) is 0.0817. The highest BCUT2D eigenvalue weighted by Gasteiger charge is 2.33. The highest BCUT2D eigenvalue weighted by Crippen LogP contribution is 2.27. The fourth-order valence-corrected chi connectivity index (χ4v) is 3.97. The van der Waals surface area contributed by atoms with E-state index in [9.17, 15) is 17.2 Å². The van der Waals surface area contributed by atoms with Gasteiger partial charge in [0.15, 0.2) is 0 Å². The molecule has 2 heterocycles. The van der Waals surface area contributed by atoms with E-state index in [2.05, 4.69) is 10.1 Å². The van der Waals surface area contributed by atoms with Crippen molar-refractivity contribution in [2.24, 2.45) is 0 Å². The number of nitrogens with one attached hydrogen (secondary N) is 1. The summed E-state index contributed by atoms with van der Waals surface area (Å²) in [5, 5.41) is 3.18. The highest BCUT2D eigenvalue weighted by atomic mass is 32.2. The first-order chi connectivity index (χ1) is 9.96. The van der Waals surface area contributed by atoms with Gasteiger partial charge in [-0.2, -0.15) is 13.1 Å². The molecule has 0 saturated heterocycles. The lowest BCUT2D eigenvalue weighted by atomic mass is 10.2. The Labute approximate surface area is 121 Å². The van der Waals surface area contributed by atoms with Gasteiger partial charge in [0.2, 0.25) is 10.0 Å². The number of alkyl halides is 2. The smallest absolute Gasteiger partial charge is 0.387 e. The quantitative estimate of drug-likeness (QED) is 0.848. The lowest BCUT2D eigenvalue weighted by Gasteiger charge is -2.18. The second kappa shape index (κ2) is 5.36. The van der Waals surface area contributed by atoms with Crippen LogP contribution in [0.15, 0.2) is 40.3 Å². The molecule has 8 heteroatoms. The van der Waals surface area contributed by atoms with Crippen LogP contribution < -0.4 is 10.1 Å². The van der Waals surface area contributed by atoms with Crippen LogP contribution in [-0.4, -0.2) is 45.5 Å². The van der Waals surface area contributed by atoms with Crippen molar-refractivity contribution in [3.8, 4) is 5.75 Å². The number of hydrogen-bond donors (Lipinski definition) is 1. The van der Waals surface area contributed by atoms with Crippen molar-refractivity contribution in [3.63, 3.8) is 0 Å². The molecule has 0 atom stereocenters. The summed E-state index contributed by atoms with van der Waals surface area (Å²) in [5.74, 6) is -0.0600. The van der Waals surface area contributed by atoms with Crippen LogP contribution in [0.2, 0.25) is 0 Å². The molecule has 2 aliphatic heterocycles. The molecule has 3 rings (SSSR count). The van der Waals surface area contributed by atoms with E-state index in [4.69, 9.17) is 0 Å². The Bertz CT molecular complexity index is 655. The van der Waals surface area contributed by atoms with Gasteiger partial charge in [0.25, 0.3) is 0 Å². The fourth-order valence-electron chi connectivity index (χ4n) is 2.54. The van der Waals surface area contributed by atoms with E-state index in [1.807, 2.05) is 0 Å².